The Morgan fingerprint density at radius 3 is 2.60 bits per heavy atom. The molecule has 0 bridgehead atoms. The topological polar surface area (TPSA) is 84.0 Å². The summed E-state index contributed by atoms with van der Waals surface area (Å²) in [5.74, 6) is 1.49. The third-order valence-corrected chi connectivity index (χ3v) is 4.23. The van der Waals surface area contributed by atoms with Crippen molar-refractivity contribution in [3.63, 3.8) is 0 Å². The SMILES string of the molecule is CN=C(NCCNC(=O)Cc1cccc(F)c1)Nc1ccc2c(c1)OCCCO2.I. The van der Waals surface area contributed by atoms with Gasteiger partial charge in [-0.05, 0) is 29.8 Å². The zero-order valence-electron chi connectivity index (χ0n) is 16.7. The van der Waals surface area contributed by atoms with Crippen LogP contribution in [0, 0.1) is 5.82 Å². The van der Waals surface area contributed by atoms with E-state index in [4.69, 9.17) is 9.47 Å². The summed E-state index contributed by atoms with van der Waals surface area (Å²) in [6.07, 6.45) is 0.994. The maximum atomic E-state index is 13.2. The highest BCUT2D eigenvalue weighted by molar-refractivity contribution is 14.0. The molecule has 0 spiro atoms. The van der Waals surface area contributed by atoms with Crippen LogP contribution in [-0.2, 0) is 11.2 Å². The van der Waals surface area contributed by atoms with Crippen LogP contribution in [-0.4, -0.2) is 45.2 Å². The molecule has 1 aliphatic heterocycles. The van der Waals surface area contributed by atoms with Gasteiger partial charge in [0.05, 0.1) is 19.6 Å². The minimum atomic E-state index is -0.346. The van der Waals surface area contributed by atoms with Crippen LogP contribution < -0.4 is 25.4 Å². The number of nitrogens with zero attached hydrogens (tertiary/aromatic N) is 1. The summed E-state index contributed by atoms with van der Waals surface area (Å²) in [6, 6.07) is 11.7. The third kappa shape index (κ3) is 7.36. The number of guanidine groups is 1. The number of aliphatic imine (C=N–C) groups is 1. The number of ether oxygens (including phenoxy) is 2. The Hall–Kier alpha value is -2.56. The van der Waals surface area contributed by atoms with Gasteiger partial charge in [-0.2, -0.15) is 0 Å². The summed E-state index contributed by atoms with van der Waals surface area (Å²) < 4.78 is 24.5. The van der Waals surface area contributed by atoms with Crippen LogP contribution in [0.3, 0.4) is 0 Å². The van der Waals surface area contributed by atoms with Crippen LogP contribution in [0.4, 0.5) is 10.1 Å². The van der Waals surface area contributed by atoms with Gasteiger partial charge in [0, 0.05) is 38.3 Å². The monoisotopic (exact) mass is 528 g/mol. The number of carbonyl (C=O) groups is 1. The van der Waals surface area contributed by atoms with Crippen molar-refractivity contribution in [2.45, 2.75) is 12.8 Å². The van der Waals surface area contributed by atoms with E-state index in [1.807, 2.05) is 18.2 Å². The van der Waals surface area contributed by atoms with Crippen molar-refractivity contribution >= 4 is 41.5 Å². The molecule has 0 saturated carbocycles. The molecule has 0 aliphatic carbocycles. The molecule has 30 heavy (non-hydrogen) atoms. The number of nitrogens with one attached hydrogen (secondary N) is 3. The molecule has 162 valence electrons. The van der Waals surface area contributed by atoms with Crippen LogP contribution in [0.15, 0.2) is 47.5 Å². The summed E-state index contributed by atoms with van der Waals surface area (Å²) in [4.78, 5) is 16.1. The van der Waals surface area contributed by atoms with Crippen molar-refractivity contribution in [1.82, 2.24) is 10.6 Å². The first kappa shape index (κ1) is 23.7. The molecule has 1 amide bonds. The smallest absolute Gasteiger partial charge is 0.224 e. The molecule has 0 radical (unpaired) electrons. The lowest BCUT2D eigenvalue weighted by Crippen LogP contribution is -2.38. The predicted molar refractivity (Wildman–Crippen MR) is 126 cm³/mol. The van der Waals surface area contributed by atoms with Crippen molar-refractivity contribution < 1.29 is 18.7 Å². The van der Waals surface area contributed by atoms with Crippen LogP contribution in [0.25, 0.3) is 0 Å². The molecular formula is C21H26FIN4O3. The average molecular weight is 528 g/mol. The van der Waals surface area contributed by atoms with Gasteiger partial charge in [0.1, 0.15) is 5.82 Å². The second-order valence-electron chi connectivity index (χ2n) is 6.49. The van der Waals surface area contributed by atoms with Gasteiger partial charge in [-0.25, -0.2) is 4.39 Å². The van der Waals surface area contributed by atoms with E-state index in [1.54, 1.807) is 19.2 Å². The molecule has 1 heterocycles. The lowest BCUT2D eigenvalue weighted by molar-refractivity contribution is -0.120. The average Bonchev–Trinajstić information content (AvgIpc) is 2.95. The number of benzene rings is 2. The minimum Gasteiger partial charge on any atom is -0.490 e. The summed E-state index contributed by atoms with van der Waals surface area (Å²) in [5, 5.41) is 9.11. The molecule has 0 aromatic heterocycles. The summed E-state index contributed by atoms with van der Waals surface area (Å²) >= 11 is 0. The summed E-state index contributed by atoms with van der Waals surface area (Å²) in [5.41, 5.74) is 1.46. The number of hydrogen-bond donors (Lipinski definition) is 3. The number of rotatable bonds is 6. The lowest BCUT2D eigenvalue weighted by atomic mass is 10.1. The van der Waals surface area contributed by atoms with Crippen molar-refractivity contribution in [1.29, 1.82) is 0 Å². The van der Waals surface area contributed by atoms with E-state index in [9.17, 15) is 9.18 Å². The van der Waals surface area contributed by atoms with Gasteiger partial charge in [0.2, 0.25) is 5.91 Å². The van der Waals surface area contributed by atoms with Crippen LogP contribution in [0.2, 0.25) is 0 Å². The number of anilines is 1. The van der Waals surface area contributed by atoms with Gasteiger partial charge >= 0.3 is 0 Å². The van der Waals surface area contributed by atoms with E-state index in [2.05, 4.69) is 20.9 Å². The Morgan fingerprint density at radius 1 is 1.07 bits per heavy atom. The van der Waals surface area contributed by atoms with Gasteiger partial charge in [-0.15, -0.1) is 24.0 Å². The van der Waals surface area contributed by atoms with Crippen LogP contribution in [0.5, 0.6) is 11.5 Å². The van der Waals surface area contributed by atoms with E-state index < -0.39 is 0 Å². The standard InChI is InChI=1S/C21H25FN4O3.HI/c1-23-21(26-17-6-7-18-19(14-17)29-11-3-10-28-18)25-9-8-24-20(27)13-15-4-2-5-16(22)12-15;/h2,4-7,12,14H,3,8-11,13H2,1H3,(H,24,27)(H2,23,25,26);1H. The van der Waals surface area contributed by atoms with E-state index >= 15 is 0 Å². The molecular weight excluding hydrogens is 502 g/mol. The molecule has 2 aromatic rings. The fraction of sp³-hybridized carbons (Fsp3) is 0.333. The van der Waals surface area contributed by atoms with Crippen molar-refractivity contribution in [2.24, 2.45) is 4.99 Å². The fourth-order valence-corrected chi connectivity index (χ4v) is 2.83. The largest absolute Gasteiger partial charge is 0.490 e. The zero-order valence-corrected chi connectivity index (χ0v) is 19.1. The normalized spacial score (nSPS) is 12.9. The Bertz CT molecular complexity index is 879. The number of halogens is 2. The summed E-state index contributed by atoms with van der Waals surface area (Å²) in [7, 11) is 1.67. The van der Waals surface area contributed by atoms with Crippen molar-refractivity contribution in [3.8, 4) is 11.5 Å². The fourth-order valence-electron chi connectivity index (χ4n) is 2.83. The first-order chi connectivity index (χ1) is 14.1. The van der Waals surface area contributed by atoms with Gasteiger partial charge in [-0.1, -0.05) is 12.1 Å². The summed E-state index contributed by atoms with van der Waals surface area (Å²) in [6.45, 7) is 2.17. The molecule has 3 rings (SSSR count). The zero-order chi connectivity index (χ0) is 20.5. The third-order valence-electron chi connectivity index (χ3n) is 4.23. The highest BCUT2D eigenvalue weighted by Crippen LogP contribution is 2.32. The maximum Gasteiger partial charge on any atom is 0.224 e. The minimum absolute atomic E-state index is 0. The molecule has 9 heteroatoms. The van der Waals surface area contributed by atoms with E-state index in [1.165, 1.54) is 12.1 Å². The highest BCUT2D eigenvalue weighted by Gasteiger charge is 2.11. The number of carbonyl (C=O) groups excluding carboxylic acids is 1. The van der Waals surface area contributed by atoms with E-state index in [0.29, 0.717) is 43.6 Å². The quantitative estimate of drug-likeness (QED) is 0.233. The Labute approximate surface area is 192 Å². The van der Waals surface area contributed by atoms with E-state index in [0.717, 1.165) is 17.9 Å². The predicted octanol–water partition coefficient (Wildman–Crippen LogP) is 2.95. The Kier molecular flexibility index (Phi) is 9.65. The number of hydrogen-bond acceptors (Lipinski definition) is 4. The number of amides is 1. The van der Waals surface area contributed by atoms with Crippen molar-refractivity contribution in [3.05, 3.63) is 53.8 Å². The Balaban J connectivity index is 0.00000320. The van der Waals surface area contributed by atoms with Crippen LogP contribution >= 0.6 is 24.0 Å². The molecule has 0 fully saturated rings. The first-order valence-corrected chi connectivity index (χ1v) is 9.52. The lowest BCUT2D eigenvalue weighted by Gasteiger charge is -2.14. The van der Waals surface area contributed by atoms with Crippen LogP contribution in [0.1, 0.15) is 12.0 Å². The van der Waals surface area contributed by atoms with Gasteiger partial charge in [-0.3, -0.25) is 9.79 Å². The van der Waals surface area contributed by atoms with E-state index in [-0.39, 0.29) is 42.1 Å². The molecule has 7 nitrogen and oxygen atoms in total. The van der Waals surface area contributed by atoms with Gasteiger partial charge in [0.15, 0.2) is 17.5 Å². The molecule has 0 atom stereocenters. The highest BCUT2D eigenvalue weighted by atomic mass is 127. The molecule has 2 aromatic carbocycles. The van der Waals surface area contributed by atoms with Gasteiger partial charge < -0.3 is 25.4 Å². The second-order valence-corrected chi connectivity index (χ2v) is 6.49. The Morgan fingerprint density at radius 2 is 1.83 bits per heavy atom. The molecule has 1 aliphatic rings. The molecule has 3 N–H and O–H groups in total. The number of fused-ring (bicyclic) bond motifs is 1. The first-order valence-electron chi connectivity index (χ1n) is 9.52. The second kappa shape index (κ2) is 12.2. The molecule has 0 unspecified atom stereocenters. The van der Waals surface area contributed by atoms with Crippen molar-refractivity contribution in [2.75, 3.05) is 38.7 Å². The van der Waals surface area contributed by atoms with Gasteiger partial charge in [0.25, 0.3) is 0 Å². The maximum absolute atomic E-state index is 13.2. The molecule has 0 saturated heterocycles.